The summed E-state index contributed by atoms with van der Waals surface area (Å²) in [5, 5.41) is 0. The predicted molar refractivity (Wildman–Crippen MR) is 89.2 cm³/mol. The van der Waals surface area contributed by atoms with Crippen molar-refractivity contribution < 1.29 is 17.2 Å². The molecule has 2 aromatic rings. The van der Waals surface area contributed by atoms with Crippen molar-refractivity contribution in [3.8, 4) is 11.8 Å². The zero-order chi connectivity index (χ0) is 17.7. The van der Waals surface area contributed by atoms with Gasteiger partial charge in [0.1, 0.15) is 16.5 Å². The molecule has 7 heteroatoms. The Bertz CT molecular complexity index is 883. The molecule has 0 aliphatic rings. The van der Waals surface area contributed by atoms with E-state index in [1.54, 1.807) is 0 Å². The molecule has 0 atom stereocenters. The van der Waals surface area contributed by atoms with Crippen molar-refractivity contribution in [2.75, 3.05) is 25.5 Å². The van der Waals surface area contributed by atoms with E-state index in [4.69, 9.17) is 0 Å². The van der Waals surface area contributed by atoms with E-state index in [0.29, 0.717) is 6.07 Å². The van der Waals surface area contributed by atoms with Gasteiger partial charge in [-0.3, -0.25) is 0 Å². The van der Waals surface area contributed by atoms with Crippen LogP contribution in [0.25, 0.3) is 0 Å². The number of hydrogen-bond acceptors (Lipinski definition) is 3. The van der Waals surface area contributed by atoms with E-state index in [9.17, 15) is 17.2 Å². The Balaban J connectivity index is 2.05. The van der Waals surface area contributed by atoms with Gasteiger partial charge in [0, 0.05) is 25.3 Å². The Morgan fingerprint density at radius 2 is 1.75 bits per heavy atom. The molecular weight excluding hydrogens is 334 g/mol. The summed E-state index contributed by atoms with van der Waals surface area (Å²) in [6, 6.07) is 9.64. The Labute approximate surface area is 140 Å². The number of sulfonamides is 1. The molecule has 4 nitrogen and oxygen atoms in total. The fraction of sp³-hybridized carbons (Fsp3) is 0.176. The summed E-state index contributed by atoms with van der Waals surface area (Å²) in [7, 11) is -0.325. The highest BCUT2D eigenvalue weighted by Crippen LogP contribution is 2.15. The molecule has 0 saturated heterocycles. The molecule has 0 saturated carbocycles. The van der Waals surface area contributed by atoms with Crippen LogP contribution in [-0.2, 0) is 10.0 Å². The predicted octanol–water partition coefficient (Wildman–Crippen LogP) is 2.36. The van der Waals surface area contributed by atoms with Crippen LogP contribution in [0.15, 0.2) is 47.4 Å². The molecule has 1 N–H and O–H groups in total. The molecule has 0 fully saturated rings. The molecule has 126 valence electrons. The minimum absolute atomic E-state index is 0.215. The maximum Gasteiger partial charge on any atom is 0.244 e. The Morgan fingerprint density at radius 3 is 2.38 bits per heavy atom. The highest BCUT2D eigenvalue weighted by molar-refractivity contribution is 7.89. The fourth-order valence-corrected chi connectivity index (χ4v) is 2.89. The SMILES string of the molecule is CN(C)c1ccc(C#CCNS(=O)(=O)c2cc(F)ccc2F)cc1. The molecule has 2 rings (SSSR count). The minimum Gasteiger partial charge on any atom is -0.378 e. The third-order valence-electron chi connectivity index (χ3n) is 3.15. The number of nitrogens with zero attached hydrogens (tertiary/aromatic N) is 1. The highest BCUT2D eigenvalue weighted by Gasteiger charge is 2.18. The van der Waals surface area contributed by atoms with Gasteiger partial charge in [-0.1, -0.05) is 11.8 Å². The lowest BCUT2D eigenvalue weighted by atomic mass is 10.2. The zero-order valence-electron chi connectivity index (χ0n) is 13.2. The van der Waals surface area contributed by atoms with Crippen molar-refractivity contribution in [2.45, 2.75) is 4.90 Å². The van der Waals surface area contributed by atoms with Gasteiger partial charge in [-0.2, -0.15) is 4.72 Å². The monoisotopic (exact) mass is 350 g/mol. The van der Waals surface area contributed by atoms with Gasteiger partial charge in [0.15, 0.2) is 0 Å². The van der Waals surface area contributed by atoms with Crippen molar-refractivity contribution in [3.05, 3.63) is 59.7 Å². The summed E-state index contributed by atoms with van der Waals surface area (Å²) in [6.45, 7) is -0.215. The van der Waals surface area contributed by atoms with E-state index in [-0.39, 0.29) is 6.54 Å². The van der Waals surface area contributed by atoms with Gasteiger partial charge in [0.2, 0.25) is 10.0 Å². The van der Waals surface area contributed by atoms with Gasteiger partial charge in [0.05, 0.1) is 6.54 Å². The van der Waals surface area contributed by atoms with Crippen molar-refractivity contribution >= 4 is 15.7 Å². The number of nitrogens with one attached hydrogen (secondary N) is 1. The van der Waals surface area contributed by atoms with Gasteiger partial charge in [0.25, 0.3) is 0 Å². The first kappa shape index (κ1) is 17.9. The highest BCUT2D eigenvalue weighted by atomic mass is 32.2. The first-order valence-corrected chi connectivity index (χ1v) is 8.49. The quantitative estimate of drug-likeness (QED) is 0.862. The normalized spacial score (nSPS) is 10.8. The molecule has 2 aromatic carbocycles. The van der Waals surface area contributed by atoms with Crippen molar-refractivity contribution in [1.29, 1.82) is 0 Å². The van der Waals surface area contributed by atoms with Crippen LogP contribution in [0.3, 0.4) is 0 Å². The van der Waals surface area contributed by atoms with Gasteiger partial charge in [-0.25, -0.2) is 17.2 Å². The van der Waals surface area contributed by atoms with E-state index >= 15 is 0 Å². The molecule has 0 unspecified atom stereocenters. The average molecular weight is 350 g/mol. The molecule has 0 heterocycles. The number of hydrogen-bond donors (Lipinski definition) is 1. The summed E-state index contributed by atoms with van der Waals surface area (Å²) in [6.07, 6.45) is 0. The van der Waals surface area contributed by atoms with Gasteiger partial charge in [-0.15, -0.1) is 0 Å². The van der Waals surface area contributed by atoms with Crippen LogP contribution in [0.1, 0.15) is 5.56 Å². The van der Waals surface area contributed by atoms with Crippen LogP contribution in [0.4, 0.5) is 14.5 Å². The third kappa shape index (κ3) is 4.54. The topological polar surface area (TPSA) is 49.4 Å². The molecule has 24 heavy (non-hydrogen) atoms. The molecule has 0 spiro atoms. The van der Waals surface area contributed by atoms with E-state index in [1.165, 1.54) is 0 Å². The first-order valence-electron chi connectivity index (χ1n) is 7.00. The maximum atomic E-state index is 13.5. The molecule has 0 aromatic heterocycles. The van der Waals surface area contributed by atoms with E-state index < -0.39 is 26.6 Å². The van der Waals surface area contributed by atoms with Crippen LogP contribution in [-0.4, -0.2) is 29.1 Å². The van der Waals surface area contributed by atoms with Gasteiger partial charge < -0.3 is 4.90 Å². The first-order chi connectivity index (χ1) is 11.3. The number of rotatable bonds is 4. The molecular formula is C17H16F2N2O2S. The summed E-state index contributed by atoms with van der Waals surface area (Å²) in [5.74, 6) is 3.59. The summed E-state index contributed by atoms with van der Waals surface area (Å²) in [5.41, 5.74) is 1.74. The van der Waals surface area contributed by atoms with Crippen LogP contribution in [0.2, 0.25) is 0 Å². The number of halogens is 2. The third-order valence-corrected chi connectivity index (χ3v) is 4.57. The lowest BCUT2D eigenvalue weighted by Crippen LogP contribution is -2.25. The Hall–Kier alpha value is -2.43. The molecule has 0 aliphatic carbocycles. The maximum absolute atomic E-state index is 13.5. The largest absolute Gasteiger partial charge is 0.378 e. The lowest BCUT2D eigenvalue weighted by molar-refractivity contribution is 0.548. The van der Waals surface area contributed by atoms with Gasteiger partial charge in [-0.05, 0) is 42.5 Å². The number of anilines is 1. The second kappa shape index (κ2) is 7.43. The Kier molecular flexibility index (Phi) is 5.54. The molecule has 0 aliphatic heterocycles. The standard InChI is InChI=1S/C17H16F2N2O2S/c1-21(2)15-8-5-13(6-9-15)4-3-11-20-24(22,23)17-12-14(18)7-10-16(17)19/h5-10,12,20H,11H2,1-2H3. The summed E-state index contributed by atoms with van der Waals surface area (Å²) >= 11 is 0. The fourth-order valence-electron chi connectivity index (χ4n) is 1.88. The molecule has 0 amide bonds. The van der Waals surface area contributed by atoms with Crippen LogP contribution < -0.4 is 9.62 Å². The number of benzene rings is 2. The van der Waals surface area contributed by atoms with Crippen LogP contribution in [0, 0.1) is 23.5 Å². The summed E-state index contributed by atoms with van der Waals surface area (Å²) < 4.78 is 52.6. The Morgan fingerprint density at radius 1 is 1.08 bits per heavy atom. The molecule has 0 bridgehead atoms. The van der Waals surface area contributed by atoms with Crippen molar-refractivity contribution in [2.24, 2.45) is 0 Å². The second-order valence-corrected chi connectivity index (χ2v) is 6.88. The zero-order valence-corrected chi connectivity index (χ0v) is 14.0. The van der Waals surface area contributed by atoms with Gasteiger partial charge >= 0.3 is 0 Å². The minimum atomic E-state index is -4.16. The summed E-state index contributed by atoms with van der Waals surface area (Å²) in [4.78, 5) is 1.21. The second-order valence-electron chi connectivity index (χ2n) is 5.14. The van der Waals surface area contributed by atoms with E-state index in [2.05, 4.69) is 16.6 Å². The van der Waals surface area contributed by atoms with E-state index in [0.717, 1.165) is 23.4 Å². The van der Waals surface area contributed by atoms with Crippen molar-refractivity contribution in [1.82, 2.24) is 4.72 Å². The van der Waals surface area contributed by atoms with Crippen LogP contribution in [0.5, 0.6) is 0 Å². The molecule has 0 radical (unpaired) electrons. The average Bonchev–Trinajstić information content (AvgIpc) is 2.54. The van der Waals surface area contributed by atoms with Crippen LogP contribution >= 0.6 is 0 Å². The van der Waals surface area contributed by atoms with E-state index in [1.807, 2.05) is 43.3 Å². The lowest BCUT2D eigenvalue weighted by Gasteiger charge is -2.11. The van der Waals surface area contributed by atoms with Crippen molar-refractivity contribution in [3.63, 3.8) is 0 Å². The smallest absolute Gasteiger partial charge is 0.244 e.